The fourth-order valence-corrected chi connectivity index (χ4v) is 3.20. The van der Waals surface area contributed by atoms with E-state index in [0.717, 1.165) is 21.8 Å². The number of rotatable bonds is 7. The third-order valence-electron chi connectivity index (χ3n) is 3.80. The summed E-state index contributed by atoms with van der Waals surface area (Å²) in [6, 6.07) is 10.3. The molecule has 0 atom stereocenters. The molecule has 1 heterocycles. The van der Waals surface area contributed by atoms with Gasteiger partial charge in [-0.3, -0.25) is 9.59 Å². The van der Waals surface area contributed by atoms with Gasteiger partial charge >= 0.3 is 5.97 Å². The molecule has 6 nitrogen and oxygen atoms in total. The average molecular weight is 374 g/mol. The van der Waals surface area contributed by atoms with Crippen molar-refractivity contribution in [3.8, 4) is 0 Å². The van der Waals surface area contributed by atoms with E-state index in [9.17, 15) is 14.4 Å². The molecule has 7 heteroatoms. The number of carboxylic acids is 1. The van der Waals surface area contributed by atoms with Gasteiger partial charge in [-0.05, 0) is 29.8 Å². The Bertz CT molecular complexity index is 796. The first-order valence-corrected chi connectivity index (χ1v) is 9.03. The van der Waals surface area contributed by atoms with Gasteiger partial charge in [-0.25, -0.2) is 4.79 Å². The molecule has 0 unspecified atom stereocenters. The molecule has 2 amide bonds. The number of carbonyl (C=O) groups excluding carboxylic acids is 2. The highest BCUT2D eigenvalue weighted by Gasteiger charge is 2.13. The van der Waals surface area contributed by atoms with Gasteiger partial charge in [0.05, 0.1) is 6.54 Å². The minimum atomic E-state index is -0.968. The number of aromatic carboxylic acids is 1. The van der Waals surface area contributed by atoms with Crippen molar-refractivity contribution in [2.45, 2.75) is 26.9 Å². The van der Waals surface area contributed by atoms with Gasteiger partial charge in [0, 0.05) is 30.0 Å². The molecule has 2 N–H and O–H groups in total. The van der Waals surface area contributed by atoms with Crippen LogP contribution in [0.25, 0.3) is 0 Å². The monoisotopic (exact) mass is 374 g/mol. The minimum Gasteiger partial charge on any atom is -0.477 e. The Kier molecular flexibility index (Phi) is 6.52. The molecule has 0 aliphatic rings. The maximum atomic E-state index is 12.2. The number of nitrogens with zero attached hydrogens (tertiary/aromatic N) is 1. The highest BCUT2D eigenvalue weighted by molar-refractivity contribution is 7.13. The second-order valence-electron chi connectivity index (χ2n) is 6.30. The Labute approximate surface area is 156 Å². The summed E-state index contributed by atoms with van der Waals surface area (Å²) in [6.45, 7) is 4.49. The van der Waals surface area contributed by atoms with Crippen LogP contribution in [0.2, 0.25) is 0 Å². The zero-order valence-corrected chi connectivity index (χ0v) is 15.8. The third-order valence-corrected chi connectivity index (χ3v) is 4.87. The molecule has 2 rings (SSSR count). The van der Waals surface area contributed by atoms with E-state index in [1.807, 2.05) is 26.0 Å². The number of hydrogen-bond donors (Lipinski definition) is 2. The molecular weight excluding hydrogens is 352 g/mol. The topological polar surface area (TPSA) is 86.7 Å². The molecular formula is C19H22N2O4S. The predicted molar refractivity (Wildman–Crippen MR) is 100 cm³/mol. The van der Waals surface area contributed by atoms with Crippen LogP contribution in [0.4, 0.5) is 0 Å². The lowest BCUT2D eigenvalue weighted by atomic mass is 10.1. The van der Waals surface area contributed by atoms with Gasteiger partial charge in [-0.2, -0.15) is 0 Å². The van der Waals surface area contributed by atoms with Crippen molar-refractivity contribution in [2.75, 3.05) is 7.05 Å². The number of thiophene rings is 1. The molecule has 0 saturated carbocycles. The summed E-state index contributed by atoms with van der Waals surface area (Å²) in [4.78, 5) is 37.7. The van der Waals surface area contributed by atoms with E-state index < -0.39 is 5.97 Å². The van der Waals surface area contributed by atoms with E-state index in [0.29, 0.717) is 12.1 Å². The summed E-state index contributed by atoms with van der Waals surface area (Å²) < 4.78 is 0. The molecule has 1 aromatic carbocycles. The van der Waals surface area contributed by atoms with Gasteiger partial charge in [-0.1, -0.05) is 26.0 Å². The molecule has 0 aliphatic heterocycles. The molecule has 1 aromatic heterocycles. The van der Waals surface area contributed by atoms with Crippen molar-refractivity contribution >= 4 is 29.1 Å². The smallest absolute Gasteiger partial charge is 0.345 e. The fraction of sp³-hybridized carbons (Fsp3) is 0.316. The number of amides is 2. The zero-order valence-electron chi connectivity index (χ0n) is 15.0. The summed E-state index contributed by atoms with van der Waals surface area (Å²) in [7, 11) is 1.76. The van der Waals surface area contributed by atoms with Crippen molar-refractivity contribution in [3.05, 3.63) is 57.3 Å². The lowest BCUT2D eigenvalue weighted by Crippen LogP contribution is -2.30. The lowest BCUT2D eigenvalue weighted by Gasteiger charge is -2.19. The fourth-order valence-electron chi connectivity index (χ4n) is 2.41. The quantitative estimate of drug-likeness (QED) is 0.780. The molecule has 0 saturated heterocycles. The van der Waals surface area contributed by atoms with E-state index in [2.05, 4.69) is 5.32 Å². The van der Waals surface area contributed by atoms with E-state index in [1.54, 1.807) is 30.1 Å². The van der Waals surface area contributed by atoms with Gasteiger partial charge < -0.3 is 15.3 Å². The Balaban J connectivity index is 1.91. The molecule has 0 radical (unpaired) electrons. The van der Waals surface area contributed by atoms with E-state index >= 15 is 0 Å². The van der Waals surface area contributed by atoms with Crippen LogP contribution < -0.4 is 5.32 Å². The minimum absolute atomic E-state index is 0.0519. The SMILES string of the molecule is CC(C)C(=O)N(C)Cc1ccc(C(=O)NCc2ccc(C(=O)O)s2)cc1. The van der Waals surface area contributed by atoms with Crippen molar-refractivity contribution in [2.24, 2.45) is 5.92 Å². The Hall–Kier alpha value is -2.67. The van der Waals surface area contributed by atoms with Crippen LogP contribution in [0, 0.1) is 5.92 Å². The van der Waals surface area contributed by atoms with E-state index in [4.69, 9.17) is 5.11 Å². The van der Waals surface area contributed by atoms with Crippen molar-refractivity contribution in [1.82, 2.24) is 10.2 Å². The van der Waals surface area contributed by atoms with Crippen LogP contribution in [0.3, 0.4) is 0 Å². The van der Waals surface area contributed by atoms with Crippen LogP contribution in [-0.4, -0.2) is 34.8 Å². The third kappa shape index (κ3) is 5.16. The van der Waals surface area contributed by atoms with Crippen LogP contribution >= 0.6 is 11.3 Å². The van der Waals surface area contributed by atoms with E-state index in [-0.39, 0.29) is 29.2 Å². The maximum Gasteiger partial charge on any atom is 0.345 e. The normalized spacial score (nSPS) is 10.6. The first kappa shape index (κ1) is 19.7. The van der Waals surface area contributed by atoms with Gasteiger partial charge in [0.15, 0.2) is 0 Å². The summed E-state index contributed by atoms with van der Waals surface area (Å²) in [5, 5.41) is 11.7. The van der Waals surface area contributed by atoms with Gasteiger partial charge in [0.25, 0.3) is 5.91 Å². The average Bonchev–Trinajstić information content (AvgIpc) is 3.08. The largest absolute Gasteiger partial charge is 0.477 e. The number of carbonyl (C=O) groups is 3. The lowest BCUT2D eigenvalue weighted by molar-refractivity contribution is -0.133. The molecule has 2 aromatic rings. The molecule has 0 aliphatic carbocycles. The van der Waals surface area contributed by atoms with E-state index in [1.165, 1.54) is 6.07 Å². The number of hydrogen-bond acceptors (Lipinski definition) is 4. The van der Waals surface area contributed by atoms with Crippen molar-refractivity contribution in [1.29, 1.82) is 0 Å². The first-order chi connectivity index (χ1) is 12.3. The second-order valence-corrected chi connectivity index (χ2v) is 7.47. The van der Waals surface area contributed by atoms with Gasteiger partial charge in [0.1, 0.15) is 4.88 Å². The molecule has 138 valence electrons. The Morgan fingerprint density at radius 1 is 1.12 bits per heavy atom. The predicted octanol–water partition coefficient (Wildman–Crippen LogP) is 2.99. The Morgan fingerprint density at radius 3 is 2.31 bits per heavy atom. The molecule has 0 fully saturated rings. The first-order valence-electron chi connectivity index (χ1n) is 8.22. The summed E-state index contributed by atoms with van der Waals surface area (Å²) in [5.41, 5.74) is 1.46. The second kappa shape index (κ2) is 8.62. The van der Waals surface area contributed by atoms with Crippen LogP contribution in [0.5, 0.6) is 0 Å². The van der Waals surface area contributed by atoms with Crippen LogP contribution in [0.1, 0.15) is 44.3 Å². The molecule has 0 bridgehead atoms. The molecule has 0 spiro atoms. The van der Waals surface area contributed by atoms with Gasteiger partial charge in [0.2, 0.25) is 5.91 Å². The Morgan fingerprint density at radius 2 is 1.77 bits per heavy atom. The number of carboxylic acid groups (broad SMARTS) is 1. The van der Waals surface area contributed by atoms with Crippen molar-refractivity contribution < 1.29 is 19.5 Å². The summed E-state index contributed by atoms with van der Waals surface area (Å²) >= 11 is 1.14. The van der Waals surface area contributed by atoms with Crippen molar-refractivity contribution in [3.63, 3.8) is 0 Å². The molecule has 26 heavy (non-hydrogen) atoms. The summed E-state index contributed by atoms with van der Waals surface area (Å²) in [5.74, 6) is -1.18. The number of benzene rings is 1. The van der Waals surface area contributed by atoms with Crippen LogP contribution in [-0.2, 0) is 17.9 Å². The number of nitrogens with one attached hydrogen (secondary N) is 1. The maximum absolute atomic E-state index is 12.2. The highest BCUT2D eigenvalue weighted by atomic mass is 32.1. The van der Waals surface area contributed by atoms with Gasteiger partial charge in [-0.15, -0.1) is 11.3 Å². The standard InChI is InChI=1S/C19H22N2O4S/c1-12(2)18(23)21(3)11-13-4-6-14(7-5-13)17(22)20-10-15-8-9-16(26-15)19(24)25/h4-9,12H,10-11H2,1-3H3,(H,20,22)(H,24,25). The van der Waals surface area contributed by atoms with Crippen LogP contribution in [0.15, 0.2) is 36.4 Å². The summed E-state index contributed by atoms with van der Waals surface area (Å²) in [6.07, 6.45) is 0. The highest BCUT2D eigenvalue weighted by Crippen LogP contribution is 2.16. The zero-order chi connectivity index (χ0) is 19.3.